The van der Waals surface area contributed by atoms with Gasteiger partial charge in [0.15, 0.2) is 22.2 Å². The van der Waals surface area contributed by atoms with E-state index in [0.29, 0.717) is 5.56 Å². The van der Waals surface area contributed by atoms with Crippen molar-refractivity contribution in [2.75, 3.05) is 0 Å². The minimum Gasteiger partial charge on any atom is -0.504 e. The van der Waals surface area contributed by atoms with Gasteiger partial charge in [-0.05, 0) is 23.8 Å². The molecule has 70 valence electrons. The van der Waals surface area contributed by atoms with E-state index in [2.05, 4.69) is 0 Å². The van der Waals surface area contributed by atoms with Crippen LogP contribution in [0.25, 0.3) is 6.08 Å². The molecule has 0 aliphatic heterocycles. The fourth-order valence-electron chi connectivity index (χ4n) is 0.791. The van der Waals surface area contributed by atoms with E-state index in [-0.39, 0.29) is 11.5 Å². The van der Waals surface area contributed by atoms with Crippen molar-refractivity contribution in [3.8, 4) is 11.5 Å². The zero-order valence-corrected chi connectivity index (χ0v) is 7.44. The lowest BCUT2D eigenvalue weighted by atomic mass is 10.2. The summed E-state index contributed by atoms with van der Waals surface area (Å²) in [5.41, 5.74) is 0.509. The molecule has 0 saturated carbocycles. The smallest absolute Gasteiger partial charge is 0.161 e. The highest BCUT2D eigenvalue weighted by atomic mass is 32.2. The standard InChI is InChI=1S/C8H8O4S/c9-7-2-1-6(5-8(7)10)3-4-13(11)12/h1-5,9-10,13H/b4-3+. The number of phenolic OH excluding ortho intramolecular Hbond substituents is 2. The van der Waals surface area contributed by atoms with Crippen LogP contribution < -0.4 is 0 Å². The van der Waals surface area contributed by atoms with E-state index in [0.717, 1.165) is 5.41 Å². The van der Waals surface area contributed by atoms with Gasteiger partial charge in [0.2, 0.25) is 0 Å². The third-order valence-electron chi connectivity index (χ3n) is 1.39. The molecule has 0 radical (unpaired) electrons. The number of phenols is 2. The SMILES string of the molecule is O=[SH](=O)/C=C/c1ccc(O)c(O)c1. The molecule has 4 nitrogen and oxygen atoms in total. The topological polar surface area (TPSA) is 74.6 Å². The van der Waals surface area contributed by atoms with Gasteiger partial charge in [0.05, 0.1) is 0 Å². The Kier molecular flexibility index (Phi) is 2.92. The van der Waals surface area contributed by atoms with Gasteiger partial charge >= 0.3 is 0 Å². The second kappa shape index (κ2) is 3.95. The second-order valence-electron chi connectivity index (χ2n) is 2.35. The van der Waals surface area contributed by atoms with Crippen LogP contribution in [-0.2, 0) is 10.7 Å². The number of benzene rings is 1. The van der Waals surface area contributed by atoms with E-state index < -0.39 is 10.7 Å². The number of rotatable bonds is 2. The van der Waals surface area contributed by atoms with Crippen molar-refractivity contribution in [1.29, 1.82) is 0 Å². The molecule has 0 atom stereocenters. The molecule has 0 aliphatic rings. The highest BCUT2D eigenvalue weighted by Gasteiger charge is 1.97. The lowest BCUT2D eigenvalue weighted by molar-refractivity contribution is 0.403. The molecule has 0 aliphatic carbocycles. The van der Waals surface area contributed by atoms with Crippen molar-refractivity contribution in [3.05, 3.63) is 29.2 Å². The maximum atomic E-state index is 10.2. The minimum absolute atomic E-state index is 0.233. The molecule has 2 N–H and O–H groups in total. The van der Waals surface area contributed by atoms with E-state index in [1.807, 2.05) is 0 Å². The maximum absolute atomic E-state index is 10.2. The highest BCUT2D eigenvalue weighted by molar-refractivity contribution is 7.75. The Labute approximate surface area is 76.7 Å². The van der Waals surface area contributed by atoms with Gasteiger partial charge in [0.1, 0.15) is 0 Å². The number of thiol groups is 1. The summed E-state index contributed by atoms with van der Waals surface area (Å²) < 4.78 is 20.3. The molecule has 0 spiro atoms. The molecule has 0 fully saturated rings. The van der Waals surface area contributed by atoms with Crippen LogP contribution >= 0.6 is 0 Å². The summed E-state index contributed by atoms with van der Waals surface area (Å²) in [4.78, 5) is 0. The first-order valence-corrected chi connectivity index (χ1v) is 4.68. The minimum atomic E-state index is -2.57. The molecule has 0 heterocycles. The van der Waals surface area contributed by atoms with Gasteiger partial charge in [-0.2, -0.15) is 0 Å². The van der Waals surface area contributed by atoms with E-state index in [1.54, 1.807) is 0 Å². The predicted molar refractivity (Wildman–Crippen MR) is 49.1 cm³/mol. The lowest BCUT2D eigenvalue weighted by Crippen LogP contribution is -1.73. The molecular formula is C8H8O4S. The van der Waals surface area contributed by atoms with Crippen molar-refractivity contribution in [2.24, 2.45) is 0 Å². The van der Waals surface area contributed by atoms with Crippen LogP contribution in [0.3, 0.4) is 0 Å². The van der Waals surface area contributed by atoms with Gasteiger partial charge in [0.25, 0.3) is 0 Å². The van der Waals surface area contributed by atoms with E-state index in [9.17, 15) is 8.42 Å². The van der Waals surface area contributed by atoms with Gasteiger partial charge < -0.3 is 10.2 Å². The van der Waals surface area contributed by atoms with E-state index in [4.69, 9.17) is 10.2 Å². The van der Waals surface area contributed by atoms with Crippen LogP contribution in [-0.4, -0.2) is 18.6 Å². The maximum Gasteiger partial charge on any atom is 0.161 e. The number of hydrogen-bond acceptors (Lipinski definition) is 4. The summed E-state index contributed by atoms with van der Waals surface area (Å²) in [5.74, 6) is -0.507. The van der Waals surface area contributed by atoms with Crippen LogP contribution in [0.1, 0.15) is 5.56 Å². The molecule has 1 aromatic rings. The molecule has 0 aromatic heterocycles. The van der Waals surface area contributed by atoms with Gasteiger partial charge in [-0.25, -0.2) is 8.42 Å². The molecule has 0 bridgehead atoms. The molecule has 1 rings (SSSR count). The Morgan fingerprint density at radius 3 is 2.38 bits per heavy atom. The van der Waals surface area contributed by atoms with Crippen molar-refractivity contribution < 1.29 is 18.6 Å². The third-order valence-corrected chi connectivity index (χ3v) is 1.78. The van der Waals surface area contributed by atoms with Crippen molar-refractivity contribution >= 4 is 16.8 Å². The summed E-state index contributed by atoms with van der Waals surface area (Å²) in [6.45, 7) is 0. The normalized spacial score (nSPS) is 11.2. The predicted octanol–water partition coefficient (Wildman–Crippen LogP) is 0.680. The Balaban J connectivity index is 2.98. The van der Waals surface area contributed by atoms with Crippen molar-refractivity contribution in [1.82, 2.24) is 0 Å². The quantitative estimate of drug-likeness (QED) is 0.484. The fourth-order valence-corrected chi connectivity index (χ4v) is 1.08. The Morgan fingerprint density at radius 1 is 1.15 bits per heavy atom. The van der Waals surface area contributed by atoms with Crippen LogP contribution in [0.2, 0.25) is 0 Å². The summed E-state index contributed by atoms with van der Waals surface area (Å²) in [7, 11) is -2.57. The van der Waals surface area contributed by atoms with Crippen LogP contribution in [0.5, 0.6) is 11.5 Å². The van der Waals surface area contributed by atoms with Gasteiger partial charge in [0, 0.05) is 5.41 Å². The number of aromatic hydroxyl groups is 2. The van der Waals surface area contributed by atoms with Crippen LogP contribution in [0.15, 0.2) is 23.6 Å². The monoisotopic (exact) mass is 200 g/mol. The van der Waals surface area contributed by atoms with E-state index in [1.165, 1.54) is 24.3 Å². The Morgan fingerprint density at radius 2 is 1.85 bits per heavy atom. The van der Waals surface area contributed by atoms with E-state index >= 15 is 0 Å². The summed E-state index contributed by atoms with van der Waals surface area (Å²) in [6, 6.07) is 4.04. The van der Waals surface area contributed by atoms with Crippen LogP contribution in [0, 0.1) is 0 Å². The molecule has 13 heavy (non-hydrogen) atoms. The zero-order valence-electron chi connectivity index (χ0n) is 6.54. The Hall–Kier alpha value is -1.49. The summed E-state index contributed by atoms with van der Waals surface area (Å²) in [6.07, 6.45) is 1.32. The first-order chi connectivity index (χ1) is 6.09. The lowest BCUT2D eigenvalue weighted by Gasteiger charge is -1.97. The fraction of sp³-hybridized carbons (Fsp3) is 0. The molecule has 1 aromatic carbocycles. The largest absolute Gasteiger partial charge is 0.504 e. The Bertz CT molecular complexity index is 399. The van der Waals surface area contributed by atoms with Crippen molar-refractivity contribution in [2.45, 2.75) is 0 Å². The van der Waals surface area contributed by atoms with Crippen LogP contribution in [0.4, 0.5) is 0 Å². The molecular weight excluding hydrogens is 192 g/mol. The number of hydrogen-bond donors (Lipinski definition) is 3. The average Bonchev–Trinajstić information content (AvgIpc) is 2.07. The van der Waals surface area contributed by atoms with Gasteiger partial charge in [-0.3, -0.25) is 0 Å². The van der Waals surface area contributed by atoms with Crippen molar-refractivity contribution in [3.63, 3.8) is 0 Å². The second-order valence-corrected chi connectivity index (χ2v) is 3.22. The molecule has 5 heteroatoms. The first-order valence-electron chi connectivity index (χ1n) is 3.43. The first kappa shape index (κ1) is 9.60. The average molecular weight is 200 g/mol. The molecule has 0 saturated heterocycles. The molecule has 0 unspecified atom stereocenters. The van der Waals surface area contributed by atoms with Gasteiger partial charge in [-0.1, -0.05) is 6.07 Å². The highest BCUT2D eigenvalue weighted by Crippen LogP contribution is 2.25. The zero-order chi connectivity index (χ0) is 9.84. The summed E-state index contributed by atoms with van der Waals surface area (Å²) >= 11 is 0. The summed E-state index contributed by atoms with van der Waals surface area (Å²) in [5, 5.41) is 18.9. The molecule has 0 amide bonds. The van der Waals surface area contributed by atoms with Gasteiger partial charge in [-0.15, -0.1) is 0 Å². The third kappa shape index (κ3) is 2.79.